The first-order valence-corrected chi connectivity index (χ1v) is 6.77. The zero-order valence-electron chi connectivity index (χ0n) is 12.9. The van der Waals surface area contributed by atoms with E-state index in [1.807, 2.05) is 25.1 Å². The number of nitrogen functional groups attached to an aromatic ring is 1. The largest absolute Gasteiger partial charge is 0.493 e. The lowest BCUT2D eigenvalue weighted by Gasteiger charge is -2.09. The van der Waals surface area contributed by atoms with Crippen LogP contribution in [-0.4, -0.2) is 33.8 Å². The van der Waals surface area contributed by atoms with Gasteiger partial charge in [0.25, 0.3) is 0 Å². The molecule has 3 rings (SSSR count). The Morgan fingerprint density at radius 3 is 2.45 bits per heavy atom. The molecule has 1 aromatic carbocycles. The Balaban J connectivity index is 2.28. The number of rotatable bonds is 3. The fourth-order valence-electron chi connectivity index (χ4n) is 2.50. The van der Waals surface area contributed by atoms with E-state index >= 15 is 0 Å². The molecule has 0 spiro atoms. The number of benzene rings is 1. The molecule has 0 bridgehead atoms. The van der Waals surface area contributed by atoms with Crippen molar-refractivity contribution in [1.82, 2.24) is 19.6 Å². The van der Waals surface area contributed by atoms with Crippen LogP contribution in [0.15, 0.2) is 18.2 Å². The number of methoxy groups -OCH3 is 2. The molecule has 7 heteroatoms. The first-order chi connectivity index (χ1) is 10.5. The Morgan fingerprint density at radius 2 is 1.77 bits per heavy atom. The minimum absolute atomic E-state index is 0.317. The molecule has 3 aromatic rings. The number of nitrogens with two attached hydrogens (primary N) is 1. The second-order valence-corrected chi connectivity index (χ2v) is 4.89. The lowest BCUT2D eigenvalue weighted by molar-refractivity contribution is 0.355. The molecular weight excluding hydrogens is 282 g/mol. The van der Waals surface area contributed by atoms with Gasteiger partial charge in [-0.2, -0.15) is 14.6 Å². The molecule has 0 atom stereocenters. The van der Waals surface area contributed by atoms with Gasteiger partial charge in [-0.05, 0) is 31.5 Å². The molecule has 0 aliphatic rings. The molecule has 0 radical (unpaired) electrons. The van der Waals surface area contributed by atoms with Gasteiger partial charge in [-0.25, -0.2) is 4.98 Å². The monoisotopic (exact) mass is 299 g/mol. The average Bonchev–Trinajstić information content (AvgIpc) is 2.83. The Kier molecular flexibility index (Phi) is 3.32. The molecule has 0 saturated heterocycles. The van der Waals surface area contributed by atoms with Crippen LogP contribution in [-0.2, 0) is 0 Å². The third kappa shape index (κ3) is 2.11. The number of hydrogen-bond donors (Lipinski definition) is 1. The van der Waals surface area contributed by atoms with Crippen molar-refractivity contribution in [2.24, 2.45) is 0 Å². The maximum Gasteiger partial charge on any atom is 0.224 e. The van der Waals surface area contributed by atoms with Gasteiger partial charge in [-0.15, -0.1) is 0 Å². The number of aromatic nitrogens is 4. The third-order valence-corrected chi connectivity index (χ3v) is 3.47. The molecule has 0 aliphatic carbocycles. The number of anilines is 1. The van der Waals surface area contributed by atoms with Crippen molar-refractivity contribution in [2.45, 2.75) is 13.8 Å². The molecule has 2 aromatic heterocycles. The SMILES string of the molecule is COc1ccc(-c2c(C)nn3c(N)nc(C)nc23)cc1OC. The average molecular weight is 299 g/mol. The number of hydrogen-bond acceptors (Lipinski definition) is 6. The fourth-order valence-corrected chi connectivity index (χ4v) is 2.50. The smallest absolute Gasteiger partial charge is 0.224 e. The van der Waals surface area contributed by atoms with Gasteiger partial charge in [0.05, 0.1) is 19.9 Å². The van der Waals surface area contributed by atoms with Gasteiger partial charge >= 0.3 is 0 Å². The lowest BCUT2D eigenvalue weighted by Crippen LogP contribution is -2.05. The maximum absolute atomic E-state index is 5.92. The van der Waals surface area contributed by atoms with Crippen LogP contribution in [0.4, 0.5) is 5.95 Å². The van der Waals surface area contributed by atoms with E-state index in [1.54, 1.807) is 25.7 Å². The summed E-state index contributed by atoms with van der Waals surface area (Å²) in [5.74, 6) is 2.24. The van der Waals surface area contributed by atoms with Crippen molar-refractivity contribution in [1.29, 1.82) is 0 Å². The van der Waals surface area contributed by atoms with Gasteiger partial charge in [0.2, 0.25) is 5.95 Å². The molecule has 2 N–H and O–H groups in total. The molecule has 0 saturated carbocycles. The van der Waals surface area contributed by atoms with Crippen molar-refractivity contribution >= 4 is 11.6 Å². The highest BCUT2D eigenvalue weighted by Gasteiger charge is 2.17. The second-order valence-electron chi connectivity index (χ2n) is 4.89. The van der Waals surface area contributed by atoms with Gasteiger partial charge in [0.15, 0.2) is 17.1 Å². The highest BCUT2D eigenvalue weighted by Crippen LogP contribution is 2.35. The van der Waals surface area contributed by atoms with Crippen LogP contribution in [0, 0.1) is 13.8 Å². The zero-order valence-corrected chi connectivity index (χ0v) is 12.9. The topological polar surface area (TPSA) is 87.6 Å². The van der Waals surface area contributed by atoms with Gasteiger partial charge in [-0.3, -0.25) is 0 Å². The molecule has 0 unspecified atom stereocenters. The number of fused-ring (bicyclic) bond motifs is 1. The van der Waals surface area contributed by atoms with Gasteiger partial charge in [0.1, 0.15) is 5.82 Å². The quantitative estimate of drug-likeness (QED) is 0.796. The van der Waals surface area contributed by atoms with Crippen molar-refractivity contribution in [2.75, 3.05) is 20.0 Å². The van der Waals surface area contributed by atoms with Crippen LogP contribution in [0.25, 0.3) is 16.8 Å². The molecule has 114 valence electrons. The summed E-state index contributed by atoms with van der Waals surface area (Å²) in [7, 11) is 3.21. The predicted octanol–water partition coefficient (Wildman–Crippen LogP) is 2.01. The van der Waals surface area contributed by atoms with Crippen LogP contribution in [0.5, 0.6) is 11.5 Å². The van der Waals surface area contributed by atoms with Crippen LogP contribution in [0.2, 0.25) is 0 Å². The molecule has 0 amide bonds. The van der Waals surface area contributed by atoms with E-state index in [0.717, 1.165) is 16.8 Å². The summed E-state index contributed by atoms with van der Waals surface area (Å²) in [5.41, 5.74) is 9.25. The normalized spacial score (nSPS) is 10.9. The fraction of sp³-hybridized carbons (Fsp3) is 0.267. The molecule has 0 fully saturated rings. The first-order valence-electron chi connectivity index (χ1n) is 6.77. The van der Waals surface area contributed by atoms with Crippen LogP contribution in [0.3, 0.4) is 0 Å². The minimum Gasteiger partial charge on any atom is -0.493 e. The van der Waals surface area contributed by atoms with E-state index in [9.17, 15) is 0 Å². The maximum atomic E-state index is 5.92. The summed E-state index contributed by atoms with van der Waals surface area (Å²) in [6.45, 7) is 3.71. The molecule has 22 heavy (non-hydrogen) atoms. The van der Waals surface area contributed by atoms with Crippen molar-refractivity contribution < 1.29 is 9.47 Å². The zero-order chi connectivity index (χ0) is 15.9. The highest BCUT2D eigenvalue weighted by molar-refractivity contribution is 5.81. The Morgan fingerprint density at radius 1 is 1.05 bits per heavy atom. The summed E-state index contributed by atoms with van der Waals surface area (Å²) in [5, 5.41) is 4.42. The van der Waals surface area contributed by atoms with E-state index in [-0.39, 0.29) is 0 Å². The number of nitrogens with zero attached hydrogens (tertiary/aromatic N) is 4. The van der Waals surface area contributed by atoms with E-state index in [1.165, 1.54) is 0 Å². The van der Waals surface area contributed by atoms with Crippen molar-refractivity contribution in [3.63, 3.8) is 0 Å². The van der Waals surface area contributed by atoms with Gasteiger partial charge in [-0.1, -0.05) is 6.07 Å². The summed E-state index contributed by atoms with van der Waals surface area (Å²) in [6, 6.07) is 5.70. The number of ether oxygens (including phenoxy) is 2. The summed E-state index contributed by atoms with van der Waals surface area (Å²) < 4.78 is 12.2. The first kappa shape index (κ1) is 14.1. The van der Waals surface area contributed by atoms with E-state index < -0.39 is 0 Å². The van der Waals surface area contributed by atoms with Crippen LogP contribution in [0.1, 0.15) is 11.5 Å². The highest BCUT2D eigenvalue weighted by atomic mass is 16.5. The number of aryl methyl sites for hydroxylation is 2. The van der Waals surface area contributed by atoms with Crippen molar-refractivity contribution in [3.8, 4) is 22.6 Å². The molecule has 2 heterocycles. The minimum atomic E-state index is 0.317. The molecule has 7 nitrogen and oxygen atoms in total. The van der Waals surface area contributed by atoms with Gasteiger partial charge in [0, 0.05) is 5.56 Å². The summed E-state index contributed by atoms with van der Waals surface area (Å²) in [6.07, 6.45) is 0. The summed E-state index contributed by atoms with van der Waals surface area (Å²) >= 11 is 0. The van der Waals surface area contributed by atoms with E-state index in [2.05, 4.69) is 15.1 Å². The molecular formula is C15H17N5O2. The second kappa shape index (κ2) is 5.18. The van der Waals surface area contributed by atoms with Crippen LogP contribution >= 0.6 is 0 Å². The molecule has 0 aliphatic heterocycles. The van der Waals surface area contributed by atoms with E-state index in [4.69, 9.17) is 15.2 Å². The van der Waals surface area contributed by atoms with E-state index in [0.29, 0.717) is 28.9 Å². The Bertz CT molecular complexity index is 857. The predicted molar refractivity (Wildman–Crippen MR) is 83.2 cm³/mol. The van der Waals surface area contributed by atoms with Gasteiger partial charge < -0.3 is 15.2 Å². The Hall–Kier alpha value is -2.83. The third-order valence-electron chi connectivity index (χ3n) is 3.47. The van der Waals surface area contributed by atoms with Crippen molar-refractivity contribution in [3.05, 3.63) is 29.7 Å². The van der Waals surface area contributed by atoms with Crippen LogP contribution < -0.4 is 15.2 Å². The summed E-state index contributed by atoms with van der Waals surface area (Å²) in [4.78, 5) is 8.60. The standard InChI is InChI=1S/C15H17N5O2/c1-8-13(10-5-6-11(21-3)12(7-10)22-4)14-17-9(2)18-15(16)20(14)19-8/h5-7H,1-4H3,(H2,16,17,18). The lowest BCUT2D eigenvalue weighted by atomic mass is 10.1. The Labute approximate surface area is 127 Å².